The largest absolute Gasteiger partial charge is 0.497 e. The number of halogens is 4. The minimum absolute atomic E-state index is 0.0666. The summed E-state index contributed by atoms with van der Waals surface area (Å²) in [6, 6.07) is 14.0. The predicted octanol–water partition coefficient (Wildman–Crippen LogP) is 11.2. The van der Waals surface area contributed by atoms with E-state index in [4.69, 9.17) is 61.1 Å². The van der Waals surface area contributed by atoms with Gasteiger partial charge in [-0.2, -0.15) is 0 Å². The number of ether oxygens (including phenoxy) is 1. The minimum atomic E-state index is -0.597. The quantitative estimate of drug-likeness (QED) is 0.0785. The van der Waals surface area contributed by atoms with Crippen molar-refractivity contribution in [2.75, 3.05) is 16.9 Å². The molecule has 5 aromatic rings. The van der Waals surface area contributed by atoms with Crippen LogP contribution in [0.15, 0.2) is 66.0 Å². The van der Waals surface area contributed by atoms with Gasteiger partial charge in [0.2, 0.25) is 0 Å². The molecule has 0 spiro atoms. The van der Waals surface area contributed by atoms with Gasteiger partial charge in [0.05, 0.1) is 66.3 Å². The van der Waals surface area contributed by atoms with Crippen molar-refractivity contribution >= 4 is 92.0 Å². The van der Waals surface area contributed by atoms with Crippen LogP contribution in [0.1, 0.15) is 54.1 Å². The molecule has 1 aliphatic carbocycles. The highest BCUT2D eigenvalue weighted by molar-refractivity contribution is 6.57. The highest BCUT2D eigenvalue weighted by Gasteiger charge is 2.42. The van der Waals surface area contributed by atoms with Crippen LogP contribution in [0.2, 0.25) is 20.1 Å². The second-order valence-electron chi connectivity index (χ2n) is 12.7. The second-order valence-corrected chi connectivity index (χ2v) is 14.2. The van der Waals surface area contributed by atoms with Crippen LogP contribution < -0.4 is 14.5 Å². The Kier molecular flexibility index (Phi) is 8.47. The number of aryl methyl sites for hydroxylation is 6. The van der Waals surface area contributed by atoms with Gasteiger partial charge in [-0.1, -0.05) is 81.8 Å². The normalized spacial score (nSPS) is 14.7. The second kappa shape index (κ2) is 12.4. The lowest BCUT2D eigenvalue weighted by molar-refractivity contribution is 0.0989. The number of methoxy groups -OCH3 is 1. The molecule has 0 saturated carbocycles. The van der Waals surface area contributed by atoms with E-state index in [1.54, 1.807) is 13.2 Å². The molecule has 0 saturated heterocycles. The fourth-order valence-electron chi connectivity index (χ4n) is 7.14. The fourth-order valence-corrected chi connectivity index (χ4v) is 8.16. The first-order valence-electron chi connectivity index (χ1n) is 15.7. The van der Waals surface area contributed by atoms with Gasteiger partial charge in [-0.15, -0.1) is 0 Å². The maximum absolute atomic E-state index is 13.9. The zero-order valence-electron chi connectivity index (χ0n) is 28.2. The van der Waals surface area contributed by atoms with Crippen LogP contribution in [-0.4, -0.2) is 28.6 Å². The molecule has 7 nitrogen and oxygen atoms in total. The number of hydrogen-bond acceptors (Lipinski definition) is 7. The Morgan fingerprint density at radius 2 is 1.04 bits per heavy atom. The molecule has 2 aliphatic rings. The van der Waals surface area contributed by atoms with Gasteiger partial charge >= 0.3 is 0 Å². The number of benzene rings is 4. The zero-order chi connectivity index (χ0) is 35.9. The van der Waals surface area contributed by atoms with Gasteiger partial charge in [0.25, 0.3) is 0 Å². The summed E-state index contributed by atoms with van der Waals surface area (Å²) in [4.78, 5) is 42.2. The molecule has 1 aromatic heterocycles. The number of nitrogens with zero attached hydrogens (tertiary/aromatic N) is 4. The van der Waals surface area contributed by atoms with E-state index in [0.29, 0.717) is 34.2 Å². The Balaban J connectivity index is 1.56. The van der Waals surface area contributed by atoms with Crippen LogP contribution >= 0.6 is 46.4 Å². The van der Waals surface area contributed by atoms with E-state index in [0.717, 1.165) is 44.8 Å². The molecule has 252 valence electrons. The molecule has 2 heterocycles. The van der Waals surface area contributed by atoms with Crippen molar-refractivity contribution in [3.63, 3.8) is 0 Å². The van der Waals surface area contributed by atoms with E-state index >= 15 is 0 Å². The average molecular weight is 745 g/mol. The lowest BCUT2D eigenvalue weighted by Gasteiger charge is -2.29. The Morgan fingerprint density at radius 3 is 1.48 bits per heavy atom. The van der Waals surface area contributed by atoms with Gasteiger partial charge in [0, 0.05) is 6.07 Å². The Hall–Kier alpha value is -4.40. The first-order chi connectivity index (χ1) is 23.7. The van der Waals surface area contributed by atoms with Crippen molar-refractivity contribution < 1.29 is 14.3 Å². The number of fused-ring (bicyclic) bond motifs is 3. The van der Waals surface area contributed by atoms with Crippen LogP contribution in [-0.2, 0) is 0 Å². The minimum Gasteiger partial charge on any atom is -0.497 e. The van der Waals surface area contributed by atoms with Crippen molar-refractivity contribution in [3.8, 4) is 5.75 Å². The number of ketones is 2. The molecule has 0 amide bonds. The molecule has 11 heteroatoms. The lowest BCUT2D eigenvalue weighted by Crippen LogP contribution is -2.24. The molecule has 1 aliphatic heterocycles. The number of anilines is 4. The Morgan fingerprint density at radius 1 is 0.600 bits per heavy atom. The van der Waals surface area contributed by atoms with Crippen LogP contribution in [0.3, 0.4) is 0 Å². The van der Waals surface area contributed by atoms with Crippen molar-refractivity contribution in [2.45, 2.75) is 41.5 Å². The molecule has 0 bridgehead atoms. The summed E-state index contributed by atoms with van der Waals surface area (Å²) in [5.41, 5.74) is 9.07. The molecule has 0 fully saturated rings. The van der Waals surface area contributed by atoms with Crippen LogP contribution in [0.4, 0.5) is 23.0 Å². The number of Topliss-reactive ketones (excluding diaryl/α,β-unsaturated/α-hetero) is 2. The maximum atomic E-state index is 13.9. The van der Waals surface area contributed by atoms with Crippen molar-refractivity contribution in [1.29, 1.82) is 0 Å². The summed E-state index contributed by atoms with van der Waals surface area (Å²) in [5, 5.41) is -0.403. The molecule has 0 unspecified atom stereocenters. The van der Waals surface area contributed by atoms with E-state index in [-0.39, 0.29) is 36.8 Å². The highest BCUT2D eigenvalue weighted by Crippen LogP contribution is 2.52. The SMILES string of the molecule is COc1ccc2nc3c(nc2c1)N(c1c(C)cc(C)cc1C)/C(=C\C=C1C(=O)c2c(Cl)c(Cl)c(Cl)c(Cl)c2C1=O)N3c1c(C)cc(C)cc1C. The first kappa shape index (κ1) is 34.1. The van der Waals surface area contributed by atoms with E-state index in [1.165, 1.54) is 6.08 Å². The summed E-state index contributed by atoms with van der Waals surface area (Å²) in [6.07, 6.45) is 3.24. The average Bonchev–Trinajstić information content (AvgIpc) is 3.48. The Bertz CT molecular complexity index is 2340. The van der Waals surface area contributed by atoms with E-state index in [1.807, 2.05) is 55.7 Å². The number of rotatable bonds is 4. The number of hydrogen-bond donors (Lipinski definition) is 0. The third kappa shape index (κ3) is 5.18. The van der Waals surface area contributed by atoms with Crippen molar-refractivity contribution in [3.05, 3.63) is 131 Å². The topological polar surface area (TPSA) is 75.6 Å². The molecular formula is C39H30Cl4N4O3. The summed E-state index contributed by atoms with van der Waals surface area (Å²) in [7, 11) is 1.61. The van der Waals surface area contributed by atoms with Crippen LogP contribution in [0, 0.1) is 41.5 Å². The monoisotopic (exact) mass is 742 g/mol. The van der Waals surface area contributed by atoms with Gasteiger partial charge in [-0.25, -0.2) is 9.97 Å². The molecule has 0 N–H and O–H groups in total. The molecule has 0 radical (unpaired) electrons. The van der Waals surface area contributed by atoms with Gasteiger partial charge in [0.15, 0.2) is 23.2 Å². The fraction of sp³-hybridized carbons (Fsp3) is 0.179. The maximum Gasteiger partial charge on any atom is 0.199 e. The van der Waals surface area contributed by atoms with Gasteiger partial charge in [-0.05, 0) is 88.1 Å². The molecular weight excluding hydrogens is 714 g/mol. The summed E-state index contributed by atoms with van der Waals surface area (Å²) >= 11 is 25.5. The number of carbonyl (C=O) groups is 2. The van der Waals surface area contributed by atoms with E-state index < -0.39 is 11.6 Å². The van der Waals surface area contributed by atoms with Crippen molar-refractivity contribution in [1.82, 2.24) is 9.97 Å². The molecule has 7 rings (SSSR count). The van der Waals surface area contributed by atoms with Crippen molar-refractivity contribution in [2.24, 2.45) is 0 Å². The number of aromatic nitrogens is 2. The van der Waals surface area contributed by atoms with Crippen LogP contribution in [0.5, 0.6) is 5.75 Å². The third-order valence-electron chi connectivity index (χ3n) is 9.04. The Labute approximate surface area is 309 Å². The molecule has 50 heavy (non-hydrogen) atoms. The number of carbonyl (C=O) groups excluding carboxylic acids is 2. The predicted molar refractivity (Wildman–Crippen MR) is 203 cm³/mol. The zero-order valence-corrected chi connectivity index (χ0v) is 31.2. The van der Waals surface area contributed by atoms with Gasteiger partial charge in [-0.3, -0.25) is 19.4 Å². The molecule has 4 aromatic carbocycles. The highest BCUT2D eigenvalue weighted by atomic mass is 35.5. The summed E-state index contributed by atoms with van der Waals surface area (Å²) in [5.74, 6) is 1.21. The number of allylic oxidation sites excluding steroid dienone is 3. The standard InChI is InChI=1S/C39H30Cl4N4O3/c1-17-12-19(3)34(20(4)13-17)46-27(11-9-24-36(48)28-29(37(24)49)31(41)33(43)32(42)30(28)40)47(35-21(5)14-18(2)15-22(35)6)39-38(46)44-25-10-8-23(50-7)16-26(25)45-39/h8-16H,1-7H3/b27-11-. The third-order valence-corrected chi connectivity index (χ3v) is 10.8. The smallest absolute Gasteiger partial charge is 0.199 e. The lowest BCUT2D eigenvalue weighted by atomic mass is 10.0. The summed E-state index contributed by atoms with van der Waals surface area (Å²) in [6.45, 7) is 12.3. The summed E-state index contributed by atoms with van der Waals surface area (Å²) < 4.78 is 5.52. The van der Waals surface area contributed by atoms with Gasteiger partial charge in [0.1, 0.15) is 11.6 Å². The van der Waals surface area contributed by atoms with E-state index in [2.05, 4.69) is 38.1 Å². The first-order valence-corrected chi connectivity index (χ1v) is 17.2. The van der Waals surface area contributed by atoms with E-state index in [9.17, 15) is 9.59 Å². The molecule has 0 atom stereocenters. The van der Waals surface area contributed by atoms with Crippen LogP contribution in [0.25, 0.3) is 11.0 Å². The van der Waals surface area contributed by atoms with Gasteiger partial charge < -0.3 is 4.74 Å².